The molecule has 1 heterocycles. The average molecular weight is 286 g/mol. The van der Waals surface area contributed by atoms with Crippen molar-refractivity contribution in [2.45, 2.75) is 26.7 Å². The number of aliphatic carboxylic acids is 2. The number of carbonyl (C=O) groups is 2. The first-order chi connectivity index (χ1) is 7.95. The Morgan fingerprint density at radius 1 is 1.05 bits per heavy atom. The molecule has 0 spiro atoms. The SMILES string of the molecule is CC(C)C(C(=O)[O-])=C(C(=O)[O-])C1CCOCC1.[Na+].[Na+]. The maximum atomic E-state index is 11.1. The van der Waals surface area contributed by atoms with Crippen LogP contribution in [0.3, 0.4) is 0 Å². The quantitative estimate of drug-likeness (QED) is 0.378. The Morgan fingerprint density at radius 2 is 1.53 bits per heavy atom. The van der Waals surface area contributed by atoms with Crippen LogP contribution in [-0.4, -0.2) is 25.2 Å². The Balaban J connectivity index is 0. The van der Waals surface area contributed by atoms with Crippen molar-refractivity contribution in [1.29, 1.82) is 0 Å². The zero-order chi connectivity index (χ0) is 13.0. The number of ether oxygens (including phenoxy) is 1. The Morgan fingerprint density at radius 3 is 1.84 bits per heavy atom. The molecule has 0 aliphatic carbocycles. The van der Waals surface area contributed by atoms with E-state index in [-0.39, 0.29) is 76.2 Å². The van der Waals surface area contributed by atoms with Gasteiger partial charge in [-0.1, -0.05) is 13.8 Å². The van der Waals surface area contributed by atoms with Gasteiger partial charge < -0.3 is 24.5 Å². The Kier molecular flexibility index (Phi) is 12.0. The topological polar surface area (TPSA) is 89.5 Å². The molecule has 1 fully saturated rings. The molecule has 1 aliphatic rings. The fourth-order valence-electron chi connectivity index (χ4n) is 2.14. The molecule has 96 valence electrons. The summed E-state index contributed by atoms with van der Waals surface area (Å²) in [6, 6.07) is 0. The monoisotopic (exact) mass is 286 g/mol. The molecule has 0 saturated carbocycles. The van der Waals surface area contributed by atoms with Crippen LogP contribution >= 0.6 is 0 Å². The largest absolute Gasteiger partial charge is 1.00 e. The van der Waals surface area contributed by atoms with Gasteiger partial charge in [-0.2, -0.15) is 0 Å². The van der Waals surface area contributed by atoms with Crippen molar-refractivity contribution in [2.24, 2.45) is 11.8 Å². The normalized spacial score (nSPS) is 17.0. The second-order valence-corrected chi connectivity index (χ2v) is 4.44. The molecule has 0 aromatic carbocycles. The van der Waals surface area contributed by atoms with E-state index in [1.54, 1.807) is 13.8 Å². The summed E-state index contributed by atoms with van der Waals surface area (Å²) in [6.45, 7) is 4.15. The number of hydrogen-bond acceptors (Lipinski definition) is 5. The van der Waals surface area contributed by atoms with Crippen LogP contribution in [0.15, 0.2) is 11.1 Å². The molecule has 0 unspecified atom stereocenters. The van der Waals surface area contributed by atoms with Crippen LogP contribution in [0.1, 0.15) is 26.7 Å². The average Bonchev–Trinajstić information content (AvgIpc) is 2.25. The van der Waals surface area contributed by atoms with Crippen LogP contribution in [0, 0.1) is 11.8 Å². The summed E-state index contributed by atoms with van der Waals surface area (Å²) < 4.78 is 5.13. The van der Waals surface area contributed by atoms with E-state index in [0.717, 1.165) is 0 Å². The molecule has 0 N–H and O–H groups in total. The molecule has 0 radical (unpaired) electrons. The number of rotatable bonds is 4. The first kappa shape index (κ1) is 21.9. The molecular weight excluding hydrogens is 270 g/mol. The second kappa shape index (κ2) is 10.4. The minimum Gasteiger partial charge on any atom is -0.545 e. The van der Waals surface area contributed by atoms with Gasteiger partial charge in [0.15, 0.2) is 0 Å². The molecule has 0 amide bonds. The number of hydrogen-bond donors (Lipinski definition) is 0. The van der Waals surface area contributed by atoms with Gasteiger partial charge in [-0.3, -0.25) is 0 Å². The van der Waals surface area contributed by atoms with Gasteiger partial charge in [0.25, 0.3) is 0 Å². The Labute approximate surface area is 157 Å². The summed E-state index contributed by atoms with van der Waals surface area (Å²) in [5, 5.41) is 22.2. The van der Waals surface area contributed by atoms with Gasteiger partial charge in [0.2, 0.25) is 0 Å². The van der Waals surface area contributed by atoms with Crippen molar-refractivity contribution in [3.8, 4) is 0 Å². The number of carboxylic acid groups (broad SMARTS) is 2. The van der Waals surface area contributed by atoms with E-state index in [2.05, 4.69) is 0 Å². The van der Waals surface area contributed by atoms with Gasteiger partial charge >= 0.3 is 59.1 Å². The van der Waals surface area contributed by atoms with Crippen LogP contribution in [0.2, 0.25) is 0 Å². The first-order valence-corrected chi connectivity index (χ1v) is 5.69. The molecule has 1 saturated heterocycles. The second-order valence-electron chi connectivity index (χ2n) is 4.44. The molecule has 5 nitrogen and oxygen atoms in total. The van der Waals surface area contributed by atoms with Crippen molar-refractivity contribution >= 4 is 11.9 Å². The summed E-state index contributed by atoms with van der Waals surface area (Å²) in [5.41, 5.74) is -0.278. The standard InChI is InChI=1S/C12H18O5.2Na/c1-7(2)9(11(13)14)10(12(15)16)8-3-5-17-6-4-8;;/h7-8H,3-6H2,1-2H3,(H,13,14)(H,15,16);;/q;2*+1/p-2. The van der Waals surface area contributed by atoms with Gasteiger partial charge in [0.05, 0.1) is 11.9 Å². The van der Waals surface area contributed by atoms with Gasteiger partial charge in [-0.05, 0) is 35.8 Å². The summed E-state index contributed by atoms with van der Waals surface area (Å²) in [6.07, 6.45) is 1.01. The predicted molar refractivity (Wildman–Crippen MR) is 55.4 cm³/mol. The van der Waals surface area contributed by atoms with E-state index < -0.39 is 17.9 Å². The summed E-state index contributed by atoms with van der Waals surface area (Å²) in [5.74, 6) is -3.56. The molecule has 1 aliphatic heterocycles. The first-order valence-electron chi connectivity index (χ1n) is 5.69. The van der Waals surface area contributed by atoms with Crippen molar-refractivity contribution in [1.82, 2.24) is 0 Å². The molecule has 1 rings (SSSR count). The Bertz CT molecular complexity index is 346. The fraction of sp³-hybridized carbons (Fsp3) is 0.667. The van der Waals surface area contributed by atoms with Gasteiger partial charge in [-0.25, -0.2) is 0 Å². The summed E-state index contributed by atoms with van der Waals surface area (Å²) in [7, 11) is 0. The number of carboxylic acids is 2. The number of carbonyl (C=O) groups excluding carboxylic acids is 2. The van der Waals surface area contributed by atoms with Crippen LogP contribution in [0.5, 0.6) is 0 Å². The van der Waals surface area contributed by atoms with Crippen LogP contribution in [-0.2, 0) is 14.3 Å². The van der Waals surface area contributed by atoms with Crippen LogP contribution < -0.4 is 69.3 Å². The molecule has 0 bridgehead atoms. The third-order valence-corrected chi connectivity index (χ3v) is 2.94. The fourth-order valence-corrected chi connectivity index (χ4v) is 2.14. The molecule has 0 aromatic heterocycles. The van der Waals surface area contributed by atoms with Crippen LogP contribution in [0.25, 0.3) is 0 Å². The molecule has 7 heteroatoms. The van der Waals surface area contributed by atoms with E-state index in [9.17, 15) is 19.8 Å². The van der Waals surface area contributed by atoms with E-state index in [1.807, 2.05) is 0 Å². The third kappa shape index (κ3) is 6.29. The smallest absolute Gasteiger partial charge is 0.545 e. The van der Waals surface area contributed by atoms with Crippen molar-refractivity contribution in [3.63, 3.8) is 0 Å². The van der Waals surface area contributed by atoms with Gasteiger partial charge in [0.1, 0.15) is 0 Å². The molecule has 0 atom stereocenters. The third-order valence-electron chi connectivity index (χ3n) is 2.94. The van der Waals surface area contributed by atoms with Crippen molar-refractivity contribution in [2.75, 3.05) is 13.2 Å². The zero-order valence-corrected chi connectivity index (χ0v) is 16.0. The van der Waals surface area contributed by atoms with E-state index in [4.69, 9.17) is 4.74 Å². The van der Waals surface area contributed by atoms with Crippen molar-refractivity contribution < 1.29 is 83.7 Å². The zero-order valence-electron chi connectivity index (χ0n) is 12.0. The summed E-state index contributed by atoms with van der Waals surface area (Å²) in [4.78, 5) is 22.2. The minimum atomic E-state index is -1.43. The van der Waals surface area contributed by atoms with E-state index in [1.165, 1.54) is 0 Å². The van der Waals surface area contributed by atoms with Crippen LogP contribution in [0.4, 0.5) is 0 Å². The van der Waals surface area contributed by atoms with Gasteiger partial charge in [0, 0.05) is 13.2 Å². The molecular formula is C12H16Na2O5. The van der Waals surface area contributed by atoms with E-state index in [0.29, 0.717) is 26.1 Å². The maximum Gasteiger partial charge on any atom is 1.00 e. The molecule has 0 aromatic rings. The molecule has 19 heavy (non-hydrogen) atoms. The Hall–Kier alpha value is 0.640. The van der Waals surface area contributed by atoms with Gasteiger partial charge in [-0.15, -0.1) is 0 Å². The summed E-state index contributed by atoms with van der Waals surface area (Å²) >= 11 is 0. The minimum absolute atomic E-state index is 0. The van der Waals surface area contributed by atoms with Crippen molar-refractivity contribution in [3.05, 3.63) is 11.1 Å². The van der Waals surface area contributed by atoms with E-state index >= 15 is 0 Å². The maximum absolute atomic E-state index is 11.1. The predicted octanol–water partition coefficient (Wildman–Crippen LogP) is -7.13.